The molecule has 0 fully saturated rings. The van der Waals surface area contributed by atoms with Gasteiger partial charge in [-0.2, -0.15) is 0 Å². The number of hydrogen-bond donors (Lipinski definition) is 0. The molecule has 23 heavy (non-hydrogen) atoms. The van der Waals surface area contributed by atoms with Crippen molar-refractivity contribution < 1.29 is 0 Å². The quantitative estimate of drug-likeness (QED) is 0.411. The SMILES string of the molecule is C=CC(=CC=CC)C(CC)CC=C(C)C1=CC(CC)CC=C1C. The lowest BCUT2D eigenvalue weighted by Crippen LogP contribution is -2.04. The third-order valence-electron chi connectivity index (χ3n) is 4.89. The Labute approximate surface area is 144 Å². The van der Waals surface area contributed by atoms with Gasteiger partial charge in [-0.15, -0.1) is 0 Å². The van der Waals surface area contributed by atoms with E-state index in [1.54, 1.807) is 0 Å². The van der Waals surface area contributed by atoms with Crippen LogP contribution in [0.15, 0.2) is 71.4 Å². The average molecular weight is 311 g/mol. The molecule has 0 aromatic heterocycles. The largest absolute Gasteiger partial charge is 0.0988 e. The van der Waals surface area contributed by atoms with Crippen molar-refractivity contribution in [1.29, 1.82) is 0 Å². The molecule has 2 atom stereocenters. The molecule has 0 saturated carbocycles. The lowest BCUT2D eigenvalue weighted by Gasteiger charge is -2.20. The van der Waals surface area contributed by atoms with E-state index < -0.39 is 0 Å². The molecule has 1 rings (SSSR count). The highest BCUT2D eigenvalue weighted by Gasteiger charge is 2.14. The van der Waals surface area contributed by atoms with Gasteiger partial charge in [-0.25, -0.2) is 0 Å². The van der Waals surface area contributed by atoms with Gasteiger partial charge in [0.1, 0.15) is 0 Å². The first kappa shape index (κ1) is 19.5. The van der Waals surface area contributed by atoms with Gasteiger partial charge in [0.25, 0.3) is 0 Å². The van der Waals surface area contributed by atoms with Crippen molar-refractivity contribution in [3.05, 3.63) is 71.4 Å². The van der Waals surface area contributed by atoms with Gasteiger partial charge in [0.05, 0.1) is 0 Å². The Hall–Kier alpha value is -1.56. The van der Waals surface area contributed by atoms with Crippen molar-refractivity contribution in [3.8, 4) is 0 Å². The van der Waals surface area contributed by atoms with Gasteiger partial charge in [0, 0.05) is 0 Å². The summed E-state index contributed by atoms with van der Waals surface area (Å²) in [4.78, 5) is 0. The normalized spacial score (nSPS) is 21.2. The minimum Gasteiger partial charge on any atom is -0.0988 e. The number of rotatable bonds is 8. The lowest BCUT2D eigenvalue weighted by molar-refractivity contribution is 0.610. The standard InChI is InChI=1S/C23H34/c1-7-11-12-21(9-3)22(10-4)16-14-19(6)23-17-20(8-2)15-13-18(23)5/h7,9,11-14,17,20,22H,3,8,10,15-16H2,1-2,4-6H3. The Balaban J connectivity index is 2.90. The molecule has 0 bridgehead atoms. The van der Waals surface area contributed by atoms with Crippen LogP contribution in [0.1, 0.15) is 60.3 Å². The van der Waals surface area contributed by atoms with Crippen LogP contribution < -0.4 is 0 Å². The Morgan fingerprint density at radius 2 is 2.13 bits per heavy atom. The van der Waals surface area contributed by atoms with E-state index in [9.17, 15) is 0 Å². The highest BCUT2D eigenvalue weighted by Crippen LogP contribution is 2.30. The van der Waals surface area contributed by atoms with E-state index in [-0.39, 0.29) is 0 Å². The molecule has 0 spiro atoms. The van der Waals surface area contributed by atoms with Crippen LogP contribution in [-0.2, 0) is 0 Å². The molecule has 2 unspecified atom stereocenters. The minimum atomic E-state index is 0.550. The molecular weight excluding hydrogens is 276 g/mol. The topological polar surface area (TPSA) is 0 Å². The highest BCUT2D eigenvalue weighted by molar-refractivity contribution is 5.47. The smallest absolute Gasteiger partial charge is 0.0130 e. The van der Waals surface area contributed by atoms with E-state index in [2.05, 4.69) is 77.7 Å². The fraction of sp³-hybridized carbons (Fsp3) is 0.478. The molecule has 0 radical (unpaired) electrons. The van der Waals surface area contributed by atoms with Gasteiger partial charge < -0.3 is 0 Å². The minimum absolute atomic E-state index is 0.550. The molecular formula is C23H34. The predicted molar refractivity (Wildman–Crippen MR) is 105 cm³/mol. The van der Waals surface area contributed by atoms with Crippen LogP contribution in [0.25, 0.3) is 0 Å². The molecule has 0 saturated heterocycles. The third kappa shape index (κ3) is 5.86. The first-order chi connectivity index (χ1) is 11.1. The van der Waals surface area contributed by atoms with Crippen molar-refractivity contribution in [3.63, 3.8) is 0 Å². The second-order valence-corrected chi connectivity index (χ2v) is 6.50. The molecule has 0 nitrogen and oxygen atoms in total. The van der Waals surface area contributed by atoms with E-state index >= 15 is 0 Å². The fourth-order valence-electron chi connectivity index (χ4n) is 3.15. The van der Waals surface area contributed by atoms with Gasteiger partial charge in [-0.05, 0) is 80.6 Å². The zero-order valence-electron chi connectivity index (χ0n) is 15.7. The average Bonchev–Trinajstić information content (AvgIpc) is 2.58. The summed E-state index contributed by atoms with van der Waals surface area (Å²) in [6.07, 6.45) is 20.3. The highest BCUT2D eigenvalue weighted by atomic mass is 14.2. The van der Waals surface area contributed by atoms with Crippen LogP contribution in [0.3, 0.4) is 0 Å². The summed E-state index contributed by atoms with van der Waals surface area (Å²) in [6.45, 7) is 15.1. The molecule has 1 aliphatic carbocycles. The predicted octanol–water partition coefficient (Wildman–Crippen LogP) is 7.34. The van der Waals surface area contributed by atoms with Crippen molar-refractivity contribution in [2.45, 2.75) is 60.3 Å². The first-order valence-electron chi connectivity index (χ1n) is 9.08. The Bertz CT molecular complexity index is 534. The van der Waals surface area contributed by atoms with Crippen molar-refractivity contribution in [1.82, 2.24) is 0 Å². The van der Waals surface area contributed by atoms with Gasteiger partial charge >= 0.3 is 0 Å². The van der Waals surface area contributed by atoms with E-state index in [4.69, 9.17) is 0 Å². The van der Waals surface area contributed by atoms with Crippen LogP contribution in [0.5, 0.6) is 0 Å². The molecule has 0 heteroatoms. The van der Waals surface area contributed by atoms with Crippen molar-refractivity contribution >= 4 is 0 Å². The first-order valence-corrected chi connectivity index (χ1v) is 9.08. The van der Waals surface area contributed by atoms with Gasteiger partial charge in [0.15, 0.2) is 0 Å². The van der Waals surface area contributed by atoms with Crippen LogP contribution in [0, 0.1) is 11.8 Å². The maximum atomic E-state index is 3.99. The second-order valence-electron chi connectivity index (χ2n) is 6.50. The zero-order chi connectivity index (χ0) is 17.2. The summed E-state index contributed by atoms with van der Waals surface area (Å²) in [5.74, 6) is 1.26. The van der Waals surface area contributed by atoms with Crippen LogP contribution in [-0.4, -0.2) is 0 Å². The van der Waals surface area contributed by atoms with Crippen LogP contribution >= 0.6 is 0 Å². The Morgan fingerprint density at radius 1 is 1.39 bits per heavy atom. The zero-order valence-corrected chi connectivity index (χ0v) is 15.7. The molecule has 1 aliphatic rings. The molecule has 0 N–H and O–H groups in total. The van der Waals surface area contributed by atoms with E-state index in [0.29, 0.717) is 11.8 Å². The summed E-state index contributed by atoms with van der Waals surface area (Å²) in [5, 5.41) is 0. The fourth-order valence-corrected chi connectivity index (χ4v) is 3.15. The van der Waals surface area contributed by atoms with E-state index in [0.717, 1.165) is 12.8 Å². The van der Waals surface area contributed by atoms with Gasteiger partial charge in [-0.3, -0.25) is 0 Å². The number of hydrogen-bond acceptors (Lipinski definition) is 0. The van der Waals surface area contributed by atoms with Gasteiger partial charge in [0.2, 0.25) is 0 Å². The molecule has 0 aromatic rings. The third-order valence-corrected chi connectivity index (χ3v) is 4.89. The summed E-state index contributed by atoms with van der Waals surface area (Å²) in [7, 11) is 0. The summed E-state index contributed by atoms with van der Waals surface area (Å²) < 4.78 is 0. The van der Waals surface area contributed by atoms with Crippen LogP contribution in [0.4, 0.5) is 0 Å². The summed E-state index contributed by atoms with van der Waals surface area (Å²) in [5.41, 5.74) is 5.65. The molecule has 0 amide bonds. The molecule has 0 aliphatic heterocycles. The Kier molecular flexibility index (Phi) is 8.69. The van der Waals surface area contributed by atoms with Gasteiger partial charge in [-0.1, -0.05) is 63.0 Å². The van der Waals surface area contributed by atoms with Crippen molar-refractivity contribution in [2.75, 3.05) is 0 Å². The van der Waals surface area contributed by atoms with E-state index in [1.165, 1.54) is 35.1 Å². The number of allylic oxidation sites excluding steroid dienone is 11. The Morgan fingerprint density at radius 3 is 2.70 bits per heavy atom. The van der Waals surface area contributed by atoms with E-state index in [1.807, 2.05) is 6.08 Å². The maximum Gasteiger partial charge on any atom is -0.0130 e. The lowest BCUT2D eigenvalue weighted by atomic mass is 9.85. The van der Waals surface area contributed by atoms with Crippen LogP contribution in [0.2, 0.25) is 0 Å². The summed E-state index contributed by atoms with van der Waals surface area (Å²) in [6, 6.07) is 0. The maximum absolute atomic E-state index is 3.99. The monoisotopic (exact) mass is 310 g/mol. The second kappa shape index (κ2) is 10.3. The molecule has 126 valence electrons. The molecule has 0 heterocycles. The van der Waals surface area contributed by atoms with Crippen molar-refractivity contribution in [2.24, 2.45) is 11.8 Å². The summed E-state index contributed by atoms with van der Waals surface area (Å²) >= 11 is 0. The molecule has 0 aromatic carbocycles.